The molecule has 24 nitrogen and oxygen atoms in total. The molecule has 78 heavy (non-hydrogen) atoms. The van der Waals surface area contributed by atoms with Crippen LogP contribution in [0.15, 0.2) is 0 Å². The molecule has 0 aromatic rings. The van der Waals surface area contributed by atoms with Gasteiger partial charge in [0.05, 0.1) is 13.1 Å². The Morgan fingerprint density at radius 2 is 0.564 bits per heavy atom. The van der Waals surface area contributed by atoms with E-state index < -0.39 is 126 Å². The summed E-state index contributed by atoms with van der Waals surface area (Å²) in [5.74, 6) is -7.47. The summed E-state index contributed by atoms with van der Waals surface area (Å²) in [6.45, 7) is 23.1. The highest BCUT2D eigenvalue weighted by atomic mass is 16.2. The number of nitrogens with one attached hydrogen (secondary N) is 10. The molecule has 0 aliphatic carbocycles. The Morgan fingerprint density at radius 3 is 0.846 bits per heavy atom. The highest BCUT2D eigenvalue weighted by molar-refractivity contribution is 5.98. The first-order valence-electron chi connectivity index (χ1n) is 28.0. The van der Waals surface area contributed by atoms with Gasteiger partial charge in [0.25, 0.3) is 0 Å². The van der Waals surface area contributed by atoms with Crippen LogP contribution in [-0.2, 0) is 52.7 Å². The first-order valence-corrected chi connectivity index (χ1v) is 28.0. The Bertz CT molecular complexity index is 1930. The number of hydrogen-bond donors (Lipinski definition) is 13. The third-order valence-corrected chi connectivity index (χ3v) is 12.2. The Morgan fingerprint density at radius 1 is 0.321 bits per heavy atom. The van der Waals surface area contributed by atoms with E-state index in [-0.39, 0.29) is 80.5 Å². The smallest absolute Gasteiger partial charge is 0.243 e. The molecule has 0 aliphatic rings. The zero-order valence-corrected chi connectivity index (χ0v) is 49.1. The minimum Gasteiger partial charge on any atom is -0.368 e. The largest absolute Gasteiger partial charge is 0.368 e. The van der Waals surface area contributed by atoms with E-state index in [0.29, 0.717) is 45.2 Å². The van der Waals surface area contributed by atoms with E-state index >= 15 is 0 Å². The lowest BCUT2D eigenvalue weighted by Gasteiger charge is -2.28. The van der Waals surface area contributed by atoms with Crippen LogP contribution < -0.4 is 70.4 Å². The molecule has 11 amide bonds. The average molecular weight is 1110 g/mol. The predicted molar refractivity (Wildman–Crippen MR) is 299 cm³/mol. The second-order valence-electron chi connectivity index (χ2n) is 23.0. The van der Waals surface area contributed by atoms with E-state index in [1.54, 1.807) is 0 Å². The molecule has 0 unspecified atom stereocenters. The van der Waals surface area contributed by atoms with E-state index in [4.69, 9.17) is 17.2 Å². The van der Waals surface area contributed by atoms with Crippen molar-refractivity contribution in [2.45, 2.75) is 215 Å². The third-order valence-electron chi connectivity index (χ3n) is 12.2. The molecule has 0 saturated carbocycles. The number of rotatable bonds is 40. The molecule has 0 radical (unpaired) electrons. The minimum atomic E-state index is -1.18. The van der Waals surface area contributed by atoms with Crippen LogP contribution in [-0.4, -0.2) is 139 Å². The maximum absolute atomic E-state index is 14.2. The number of carbonyl (C=O) groups excluding carboxylic acids is 11. The number of primary amides is 1. The molecular weight excluding hydrogens is 1010 g/mol. The molecule has 0 aromatic heterocycles. The van der Waals surface area contributed by atoms with Gasteiger partial charge in [0, 0.05) is 6.92 Å². The van der Waals surface area contributed by atoms with E-state index in [0.717, 1.165) is 0 Å². The maximum atomic E-state index is 14.2. The fourth-order valence-corrected chi connectivity index (χ4v) is 8.43. The van der Waals surface area contributed by atoms with Gasteiger partial charge in [-0.05, 0) is 126 Å². The summed E-state index contributed by atoms with van der Waals surface area (Å²) in [6, 6.07) is -8.67. The molecule has 0 fully saturated rings. The summed E-state index contributed by atoms with van der Waals surface area (Å²) in [7, 11) is 0. The normalized spacial score (nSPS) is 14.5. The molecule has 0 bridgehead atoms. The Kier molecular flexibility index (Phi) is 35.7. The van der Waals surface area contributed by atoms with E-state index in [9.17, 15) is 52.7 Å². The van der Waals surface area contributed by atoms with Crippen LogP contribution in [0.4, 0.5) is 0 Å². The number of nitrogens with two attached hydrogens (primary N) is 3. The standard InChI is InChI=1S/C54H101N13O11/c1-30(2)22-39(47(57)71)65-50(74)37(18-14-16-20-55)63-52(76)42(25-33(7)8)62-46(70)29-59-49(73)41(24-32(5)6)66-54(78)44(27-35(11)12)67-51(75)38(19-15-17-21-56)64-53(77)43(26-34(9)10)61-45(69)28-58-48(72)40(23-31(3)4)60-36(13)68/h30-35,37-44H,14-29,55-56H2,1-13H3,(H2,57,71)(H,58,72)(H,59,73)(H,60,68)(H,61,69)(H,62,70)(H,63,76)(H,64,77)(H,65,74)(H,66,78)(H,67,75)/t37-,38-,39-,40-,41-,42-,43-,44-/m0/s1. The van der Waals surface area contributed by atoms with Crippen LogP contribution >= 0.6 is 0 Å². The fourth-order valence-electron chi connectivity index (χ4n) is 8.43. The SMILES string of the molecule is CC(=O)N[C@@H](CC(C)C)C(=O)NCC(=O)N[C@@H](CC(C)C)C(=O)N[C@@H](CCCCN)C(=O)N[C@@H](CC(C)C)C(=O)N[C@@H](CC(C)C)C(=O)NCC(=O)N[C@@H](CC(C)C)C(=O)N[C@@H](CCCCN)C(=O)N[C@@H](CC(C)C)C(N)=O. The second kappa shape index (κ2) is 38.6. The van der Waals surface area contributed by atoms with Crippen LogP contribution in [0, 0.1) is 35.5 Å². The summed E-state index contributed by atoms with van der Waals surface area (Å²) in [4.78, 5) is 147. The lowest BCUT2D eigenvalue weighted by Crippen LogP contribution is -2.59. The van der Waals surface area contributed by atoms with E-state index in [1.807, 2.05) is 83.1 Å². The van der Waals surface area contributed by atoms with Crippen molar-refractivity contribution in [3.63, 3.8) is 0 Å². The topological polar surface area (TPSA) is 386 Å². The van der Waals surface area contributed by atoms with Crippen molar-refractivity contribution < 1.29 is 52.7 Å². The van der Waals surface area contributed by atoms with Gasteiger partial charge in [-0.25, -0.2) is 0 Å². The van der Waals surface area contributed by atoms with Gasteiger partial charge in [-0.1, -0.05) is 83.1 Å². The van der Waals surface area contributed by atoms with Crippen LogP contribution in [0.1, 0.15) is 167 Å². The van der Waals surface area contributed by atoms with Gasteiger partial charge in [0.2, 0.25) is 65.0 Å². The van der Waals surface area contributed by atoms with Gasteiger partial charge in [-0.3, -0.25) is 52.7 Å². The lowest BCUT2D eigenvalue weighted by molar-refractivity contribution is -0.135. The number of amides is 11. The molecule has 0 rings (SSSR count). The minimum absolute atomic E-state index is 0.0343. The van der Waals surface area contributed by atoms with Crippen LogP contribution in [0.25, 0.3) is 0 Å². The molecule has 24 heteroatoms. The van der Waals surface area contributed by atoms with Crippen molar-refractivity contribution in [3.8, 4) is 0 Å². The summed E-state index contributed by atoms with van der Waals surface area (Å²) < 4.78 is 0. The van der Waals surface area contributed by atoms with Crippen LogP contribution in [0.3, 0.4) is 0 Å². The molecule has 8 atom stereocenters. The molecule has 0 aliphatic heterocycles. The van der Waals surface area contributed by atoms with E-state index in [1.165, 1.54) is 6.92 Å². The Balaban J connectivity index is 6.34. The molecule has 16 N–H and O–H groups in total. The molecule has 0 saturated heterocycles. The third kappa shape index (κ3) is 32.1. The van der Waals surface area contributed by atoms with E-state index in [2.05, 4.69) is 53.2 Å². The summed E-state index contributed by atoms with van der Waals surface area (Å²) >= 11 is 0. The number of carbonyl (C=O) groups is 11. The molecule has 448 valence electrons. The Labute approximate surface area is 463 Å². The average Bonchev–Trinajstić information content (AvgIpc) is 3.31. The van der Waals surface area contributed by atoms with Crippen molar-refractivity contribution in [2.75, 3.05) is 26.2 Å². The van der Waals surface area contributed by atoms with Crippen molar-refractivity contribution >= 4 is 65.0 Å². The zero-order chi connectivity index (χ0) is 59.8. The summed E-state index contributed by atoms with van der Waals surface area (Å²) in [6.07, 6.45) is 3.56. The van der Waals surface area contributed by atoms with Crippen molar-refractivity contribution in [2.24, 2.45) is 52.7 Å². The highest BCUT2D eigenvalue weighted by Gasteiger charge is 2.34. The maximum Gasteiger partial charge on any atom is 0.243 e. The van der Waals surface area contributed by atoms with Gasteiger partial charge >= 0.3 is 0 Å². The van der Waals surface area contributed by atoms with Crippen molar-refractivity contribution in [1.29, 1.82) is 0 Å². The summed E-state index contributed by atoms with van der Waals surface area (Å²) in [5.41, 5.74) is 17.0. The Hall–Kier alpha value is -5.91. The van der Waals surface area contributed by atoms with Crippen LogP contribution in [0.2, 0.25) is 0 Å². The van der Waals surface area contributed by atoms with Crippen molar-refractivity contribution in [1.82, 2.24) is 53.2 Å². The van der Waals surface area contributed by atoms with Gasteiger partial charge < -0.3 is 70.4 Å². The van der Waals surface area contributed by atoms with Crippen LogP contribution in [0.5, 0.6) is 0 Å². The predicted octanol–water partition coefficient (Wildman–Crippen LogP) is 0.137. The monoisotopic (exact) mass is 1110 g/mol. The molecule has 0 aromatic carbocycles. The quantitative estimate of drug-likeness (QED) is 0.0364. The number of hydrogen-bond acceptors (Lipinski definition) is 13. The first-order chi connectivity index (χ1) is 36.4. The summed E-state index contributed by atoms with van der Waals surface area (Å²) in [5, 5.41) is 26.7. The van der Waals surface area contributed by atoms with Gasteiger partial charge in [0.15, 0.2) is 0 Å². The van der Waals surface area contributed by atoms with Gasteiger partial charge in [-0.2, -0.15) is 0 Å². The number of unbranched alkanes of at least 4 members (excludes halogenated alkanes) is 2. The van der Waals surface area contributed by atoms with Gasteiger partial charge in [-0.15, -0.1) is 0 Å². The lowest BCUT2D eigenvalue weighted by atomic mass is 9.99. The molecular formula is C54H101N13O11. The zero-order valence-electron chi connectivity index (χ0n) is 49.1. The van der Waals surface area contributed by atoms with Gasteiger partial charge in [0.1, 0.15) is 48.3 Å². The fraction of sp³-hybridized carbons (Fsp3) is 0.796. The molecule has 0 spiro atoms. The van der Waals surface area contributed by atoms with Crippen molar-refractivity contribution in [3.05, 3.63) is 0 Å². The highest BCUT2D eigenvalue weighted by Crippen LogP contribution is 2.14. The first kappa shape index (κ1) is 72.1. The molecule has 0 heterocycles. The second-order valence-corrected chi connectivity index (χ2v) is 23.0.